The highest BCUT2D eigenvalue weighted by Gasteiger charge is 2.27. The molecule has 0 saturated carbocycles. The Morgan fingerprint density at radius 3 is 1.07 bits per heavy atom. The van der Waals surface area contributed by atoms with E-state index >= 15 is 0 Å². The highest BCUT2D eigenvalue weighted by Crippen LogP contribution is 2.31. The molecular formula is C41H50B3F12N3. The Balaban J connectivity index is 0.000000684. The van der Waals surface area contributed by atoms with Gasteiger partial charge in [0.25, 0.3) is 0 Å². The second-order valence-corrected chi connectivity index (χ2v) is 13.8. The van der Waals surface area contributed by atoms with Crippen molar-refractivity contribution in [3.8, 4) is 39.3 Å². The summed E-state index contributed by atoms with van der Waals surface area (Å²) in [7, 11) is -18.0. The fraction of sp³-hybridized carbons (Fsp3) is 0.341. The Morgan fingerprint density at radius 1 is 0.390 bits per heavy atom. The van der Waals surface area contributed by atoms with Crippen LogP contribution in [-0.4, -0.2) is 21.8 Å². The van der Waals surface area contributed by atoms with Crippen molar-refractivity contribution in [3.05, 3.63) is 121 Å². The summed E-state index contributed by atoms with van der Waals surface area (Å²) in [5.74, 6) is 0. The summed E-state index contributed by atoms with van der Waals surface area (Å²) in [4.78, 5) is 0. The second-order valence-electron chi connectivity index (χ2n) is 13.8. The summed E-state index contributed by atoms with van der Waals surface area (Å²) in [6.07, 6.45) is 19.2. The minimum absolute atomic E-state index is 1.06. The maximum atomic E-state index is 9.75. The Hall–Kier alpha value is -4.76. The van der Waals surface area contributed by atoms with Crippen LogP contribution < -0.4 is 13.7 Å². The van der Waals surface area contributed by atoms with Gasteiger partial charge in [0.05, 0.1) is 17.7 Å². The van der Waals surface area contributed by atoms with Crippen molar-refractivity contribution >= 4 is 21.8 Å². The van der Waals surface area contributed by atoms with Crippen LogP contribution in [0.25, 0.3) is 39.3 Å². The first-order valence-electron chi connectivity index (χ1n) is 19.4. The van der Waals surface area contributed by atoms with Crippen molar-refractivity contribution in [1.29, 1.82) is 0 Å². The molecule has 59 heavy (non-hydrogen) atoms. The molecule has 5 aromatic rings. The molecule has 0 aliphatic carbocycles. The van der Waals surface area contributed by atoms with Crippen molar-refractivity contribution in [2.75, 3.05) is 0 Å². The first-order chi connectivity index (χ1) is 27.6. The van der Waals surface area contributed by atoms with Gasteiger partial charge in [0.1, 0.15) is 13.1 Å². The molecule has 322 valence electrons. The van der Waals surface area contributed by atoms with Crippen LogP contribution in [0.4, 0.5) is 51.8 Å². The molecule has 0 N–H and O–H groups in total. The van der Waals surface area contributed by atoms with E-state index in [1.54, 1.807) is 0 Å². The lowest BCUT2D eigenvalue weighted by atomic mass is 9.98. The fourth-order valence-corrected chi connectivity index (χ4v) is 5.90. The van der Waals surface area contributed by atoms with E-state index in [-0.39, 0.29) is 0 Å². The number of hydrogen-bond donors (Lipinski definition) is 0. The van der Waals surface area contributed by atoms with Gasteiger partial charge < -0.3 is 51.8 Å². The number of aryl methyl sites for hydroxylation is 4. The minimum Gasteiger partial charge on any atom is -0.418 e. The molecule has 3 nitrogen and oxygen atoms in total. The largest absolute Gasteiger partial charge is 0.673 e. The smallest absolute Gasteiger partial charge is 0.418 e. The van der Waals surface area contributed by atoms with Crippen LogP contribution in [0.15, 0.2) is 110 Å². The monoisotopic (exact) mass is 845 g/mol. The van der Waals surface area contributed by atoms with Gasteiger partial charge in [-0.05, 0) is 49.9 Å². The topological polar surface area (TPSA) is 11.6 Å². The quantitative estimate of drug-likeness (QED) is 0.0457. The predicted octanol–water partition coefficient (Wildman–Crippen LogP) is 13.2. The highest BCUT2D eigenvalue weighted by atomic mass is 19.5. The van der Waals surface area contributed by atoms with Gasteiger partial charge in [-0.3, -0.25) is 0 Å². The van der Waals surface area contributed by atoms with E-state index in [4.69, 9.17) is 0 Å². The summed E-state index contributed by atoms with van der Waals surface area (Å²) in [5, 5.41) is 0. The first kappa shape index (κ1) is 50.4. The van der Waals surface area contributed by atoms with Crippen LogP contribution in [0.3, 0.4) is 0 Å². The molecule has 0 fully saturated rings. The average molecular weight is 845 g/mol. The summed E-state index contributed by atoms with van der Waals surface area (Å²) < 4.78 is 124. The molecule has 0 bridgehead atoms. The van der Waals surface area contributed by atoms with Gasteiger partial charge in [-0.15, -0.1) is 0 Å². The zero-order valence-corrected chi connectivity index (χ0v) is 33.6. The van der Waals surface area contributed by atoms with Gasteiger partial charge in [-0.1, -0.05) is 87.1 Å². The zero-order valence-electron chi connectivity index (χ0n) is 33.6. The highest BCUT2D eigenvalue weighted by molar-refractivity contribution is 6.50. The molecule has 0 radical (unpaired) electrons. The number of benzene rings is 2. The average Bonchev–Trinajstić information content (AvgIpc) is 3.14. The Morgan fingerprint density at radius 2 is 0.712 bits per heavy atom. The number of nitrogens with zero attached hydrogens (tertiary/aromatic N) is 3. The minimum atomic E-state index is -6.00. The molecule has 0 aliphatic rings. The molecule has 0 saturated heterocycles. The van der Waals surface area contributed by atoms with E-state index in [0.717, 1.165) is 13.1 Å². The molecule has 0 atom stereocenters. The van der Waals surface area contributed by atoms with E-state index in [9.17, 15) is 51.8 Å². The van der Waals surface area contributed by atoms with Crippen LogP contribution in [0.1, 0.15) is 76.3 Å². The normalized spacial score (nSPS) is 11.4. The van der Waals surface area contributed by atoms with Crippen LogP contribution in [0.2, 0.25) is 0 Å². The molecule has 18 heteroatoms. The second kappa shape index (κ2) is 24.4. The third-order valence-electron chi connectivity index (χ3n) is 8.66. The number of aromatic nitrogens is 3. The van der Waals surface area contributed by atoms with Gasteiger partial charge in [-0.25, -0.2) is 9.13 Å². The van der Waals surface area contributed by atoms with E-state index in [0.29, 0.717) is 0 Å². The standard InChI is InChI=1S/C41H50N3.3BF4/c1-5-7-9-11-25-42-27-21-37(22-28-42)41-32-38(35-17-13-33(3)14-18-35)31-40(36-19-15-34(4)16-20-36)44(41)39-23-29-43(30-24-39)26-12-10-8-6-2;3*2-1(3,4)5/h13-24,27-32H,5-12,25-26H2,1-4H3;;;/q+3;3*-1. The van der Waals surface area contributed by atoms with E-state index < -0.39 is 21.8 Å². The first-order valence-corrected chi connectivity index (χ1v) is 19.4. The van der Waals surface area contributed by atoms with Gasteiger partial charge >= 0.3 is 21.8 Å². The van der Waals surface area contributed by atoms with Gasteiger partial charge in [0.15, 0.2) is 24.8 Å². The molecule has 0 spiro atoms. The summed E-state index contributed by atoms with van der Waals surface area (Å²) in [5.41, 5.74) is 11.0. The van der Waals surface area contributed by atoms with Gasteiger partial charge in [0.2, 0.25) is 17.1 Å². The molecule has 2 aromatic carbocycles. The predicted molar refractivity (Wildman–Crippen MR) is 213 cm³/mol. The van der Waals surface area contributed by atoms with E-state index in [1.165, 1.54) is 102 Å². The Labute approximate surface area is 339 Å². The fourth-order valence-electron chi connectivity index (χ4n) is 5.90. The van der Waals surface area contributed by atoms with Crippen molar-refractivity contribution < 1.29 is 65.5 Å². The van der Waals surface area contributed by atoms with Crippen LogP contribution in [-0.2, 0) is 13.1 Å². The zero-order chi connectivity index (χ0) is 44.2. The van der Waals surface area contributed by atoms with Crippen LogP contribution in [0.5, 0.6) is 0 Å². The lowest BCUT2D eigenvalue weighted by Gasteiger charge is -2.12. The van der Waals surface area contributed by atoms with Gasteiger partial charge in [-0.2, -0.15) is 4.57 Å². The summed E-state index contributed by atoms with van der Waals surface area (Å²) in [6, 6.07) is 31.8. The Kier molecular flexibility index (Phi) is 20.8. The molecule has 3 heterocycles. The van der Waals surface area contributed by atoms with Crippen LogP contribution >= 0.6 is 0 Å². The number of hydrogen-bond acceptors (Lipinski definition) is 0. The number of unbranched alkanes of at least 4 members (excludes halogenated alkanes) is 6. The van der Waals surface area contributed by atoms with Gasteiger partial charge in [0, 0.05) is 42.7 Å². The SMILES string of the molecule is CCCCCC[n+]1ccc(-c2cc(-c3ccc(C)cc3)cc(-c3ccc(C)cc3)[n+]2-c2cc[n+](CCCCCC)cc2)cc1.F[B-](F)(F)F.F[B-](F)(F)F.F[B-](F)(F)F. The van der Waals surface area contributed by atoms with Crippen molar-refractivity contribution in [2.24, 2.45) is 0 Å². The van der Waals surface area contributed by atoms with Crippen molar-refractivity contribution in [2.45, 2.75) is 92.2 Å². The van der Waals surface area contributed by atoms with E-state index in [1.807, 2.05) is 0 Å². The molecule has 5 rings (SSSR count). The lowest BCUT2D eigenvalue weighted by Crippen LogP contribution is -2.39. The summed E-state index contributed by atoms with van der Waals surface area (Å²) >= 11 is 0. The van der Waals surface area contributed by atoms with E-state index in [2.05, 4.69) is 151 Å². The maximum absolute atomic E-state index is 9.75. The van der Waals surface area contributed by atoms with Crippen molar-refractivity contribution in [3.63, 3.8) is 0 Å². The number of halogens is 12. The van der Waals surface area contributed by atoms with Crippen molar-refractivity contribution in [1.82, 2.24) is 0 Å². The summed E-state index contributed by atoms with van der Waals surface area (Å²) in [6.45, 7) is 11.0. The van der Waals surface area contributed by atoms with Crippen LogP contribution in [0, 0.1) is 13.8 Å². The molecular weight excluding hydrogens is 795 g/mol. The molecule has 0 amide bonds. The molecule has 0 aliphatic heterocycles. The Bertz CT molecular complexity index is 1890. The molecule has 3 aromatic heterocycles. The third-order valence-corrected chi connectivity index (χ3v) is 8.66. The molecule has 0 unspecified atom stereocenters. The number of pyridine rings is 3. The lowest BCUT2D eigenvalue weighted by molar-refractivity contribution is -0.698. The maximum Gasteiger partial charge on any atom is 0.673 e. The number of rotatable bonds is 14. The third kappa shape index (κ3) is 22.3.